The number of aromatic amines is 1. The second kappa shape index (κ2) is 8.35. The molecular weight excluding hydrogens is 412 g/mol. The van der Waals surface area contributed by atoms with Gasteiger partial charge in [0.15, 0.2) is 5.82 Å². The Morgan fingerprint density at radius 1 is 1.06 bits per heavy atom. The summed E-state index contributed by atoms with van der Waals surface area (Å²) in [5, 5.41) is 10.2. The van der Waals surface area contributed by atoms with E-state index in [2.05, 4.69) is 27.4 Å². The third-order valence-electron chi connectivity index (χ3n) is 5.90. The summed E-state index contributed by atoms with van der Waals surface area (Å²) in [6.07, 6.45) is 8.05. The molecule has 1 aliphatic carbocycles. The molecule has 164 valence electrons. The standard InChI is InChI=1S/C26H24N6O/c1-16-22(9-6-18-12-19(13-23(16)18)26(33)32(2)3)25-27-11-10-24(31-25)30-21-7-4-17(5-8-21)20-14-28-29-15-20/h4-12,14-15H,13H2,1-3H3,(H,28,29)(H,27,30,31). The number of aromatic nitrogens is 4. The van der Waals surface area contributed by atoms with Crippen molar-refractivity contribution in [2.45, 2.75) is 13.3 Å². The number of nitrogens with one attached hydrogen (secondary N) is 2. The van der Waals surface area contributed by atoms with E-state index >= 15 is 0 Å². The third-order valence-corrected chi connectivity index (χ3v) is 5.90. The van der Waals surface area contributed by atoms with Crippen LogP contribution < -0.4 is 5.32 Å². The van der Waals surface area contributed by atoms with Gasteiger partial charge in [-0.1, -0.05) is 24.3 Å². The van der Waals surface area contributed by atoms with Crippen LogP contribution in [-0.2, 0) is 11.2 Å². The summed E-state index contributed by atoms with van der Waals surface area (Å²) in [4.78, 5) is 23.3. The first-order chi connectivity index (χ1) is 16.0. The topological polar surface area (TPSA) is 86.8 Å². The van der Waals surface area contributed by atoms with Crippen molar-refractivity contribution in [1.29, 1.82) is 0 Å². The van der Waals surface area contributed by atoms with Gasteiger partial charge in [0.2, 0.25) is 5.91 Å². The molecule has 1 amide bonds. The summed E-state index contributed by atoms with van der Waals surface area (Å²) in [7, 11) is 3.56. The number of benzene rings is 2. The zero-order valence-corrected chi connectivity index (χ0v) is 18.8. The SMILES string of the molecule is Cc1c(-c2nccc(Nc3ccc(-c4cn[nH]c4)cc3)n2)ccc2c1CC(C(=O)N(C)C)=C2. The second-order valence-electron chi connectivity index (χ2n) is 8.31. The number of nitrogens with zero attached hydrogens (tertiary/aromatic N) is 4. The first kappa shape index (κ1) is 20.6. The van der Waals surface area contributed by atoms with Crippen LogP contribution in [0, 0.1) is 6.92 Å². The van der Waals surface area contributed by atoms with Crippen molar-refractivity contribution in [3.63, 3.8) is 0 Å². The van der Waals surface area contributed by atoms with Gasteiger partial charge in [0.25, 0.3) is 0 Å². The number of H-pyrrole nitrogens is 1. The summed E-state index contributed by atoms with van der Waals surface area (Å²) in [6.45, 7) is 2.07. The van der Waals surface area contributed by atoms with Gasteiger partial charge >= 0.3 is 0 Å². The first-order valence-corrected chi connectivity index (χ1v) is 10.7. The van der Waals surface area contributed by atoms with Crippen LogP contribution in [0.25, 0.3) is 28.6 Å². The van der Waals surface area contributed by atoms with Crippen molar-refractivity contribution in [3.05, 3.63) is 83.3 Å². The Kier molecular flexibility index (Phi) is 5.22. The summed E-state index contributed by atoms with van der Waals surface area (Å²) >= 11 is 0. The largest absolute Gasteiger partial charge is 0.345 e. The van der Waals surface area contributed by atoms with Crippen molar-refractivity contribution in [1.82, 2.24) is 25.1 Å². The Balaban J connectivity index is 1.38. The molecule has 0 aliphatic heterocycles. The van der Waals surface area contributed by atoms with Crippen molar-refractivity contribution < 1.29 is 4.79 Å². The molecule has 0 atom stereocenters. The van der Waals surface area contributed by atoms with E-state index in [1.807, 2.05) is 54.7 Å². The molecule has 2 N–H and O–H groups in total. The molecule has 0 saturated carbocycles. The quantitative estimate of drug-likeness (QED) is 0.477. The molecule has 5 rings (SSSR count). The first-order valence-electron chi connectivity index (χ1n) is 10.7. The van der Waals surface area contributed by atoms with Crippen LogP contribution in [-0.4, -0.2) is 45.1 Å². The Labute approximate surface area is 192 Å². The minimum absolute atomic E-state index is 0.0494. The number of likely N-dealkylation sites (N-methyl/N-ethyl adjacent to an activating group) is 1. The van der Waals surface area contributed by atoms with Gasteiger partial charge in [-0.05, 0) is 53.5 Å². The van der Waals surface area contributed by atoms with E-state index in [-0.39, 0.29) is 5.91 Å². The molecule has 0 spiro atoms. The lowest BCUT2D eigenvalue weighted by molar-refractivity contribution is -0.124. The van der Waals surface area contributed by atoms with E-state index in [9.17, 15) is 4.79 Å². The maximum absolute atomic E-state index is 12.4. The maximum Gasteiger partial charge on any atom is 0.249 e. The highest BCUT2D eigenvalue weighted by Crippen LogP contribution is 2.34. The lowest BCUT2D eigenvalue weighted by atomic mass is 9.97. The molecule has 2 heterocycles. The zero-order valence-electron chi connectivity index (χ0n) is 18.8. The Morgan fingerprint density at radius 2 is 1.88 bits per heavy atom. The van der Waals surface area contributed by atoms with Gasteiger partial charge in [-0.15, -0.1) is 0 Å². The van der Waals surface area contributed by atoms with E-state index in [1.54, 1.807) is 31.4 Å². The van der Waals surface area contributed by atoms with E-state index < -0.39 is 0 Å². The fourth-order valence-corrected chi connectivity index (χ4v) is 4.10. The average Bonchev–Trinajstić information content (AvgIpc) is 3.50. The highest BCUT2D eigenvalue weighted by Gasteiger charge is 2.23. The molecule has 4 aromatic rings. The number of rotatable bonds is 5. The number of hydrogen-bond acceptors (Lipinski definition) is 5. The number of amides is 1. The highest BCUT2D eigenvalue weighted by molar-refractivity contribution is 6.00. The van der Waals surface area contributed by atoms with Crippen LogP contribution in [0.4, 0.5) is 11.5 Å². The molecule has 0 saturated heterocycles. The molecule has 33 heavy (non-hydrogen) atoms. The molecule has 0 bridgehead atoms. The predicted octanol–water partition coefficient (Wildman–Crippen LogP) is 4.61. The van der Waals surface area contributed by atoms with E-state index in [4.69, 9.17) is 4.98 Å². The Hall–Kier alpha value is -4.26. The highest BCUT2D eigenvalue weighted by atomic mass is 16.2. The summed E-state index contributed by atoms with van der Waals surface area (Å²) < 4.78 is 0. The van der Waals surface area contributed by atoms with Crippen molar-refractivity contribution >= 4 is 23.5 Å². The zero-order chi connectivity index (χ0) is 22.9. The molecule has 0 unspecified atom stereocenters. The van der Waals surface area contributed by atoms with Crippen LogP contribution in [0.5, 0.6) is 0 Å². The van der Waals surface area contributed by atoms with Gasteiger partial charge in [0.05, 0.1) is 6.20 Å². The molecule has 0 radical (unpaired) electrons. The number of hydrogen-bond donors (Lipinski definition) is 2. The molecule has 2 aromatic heterocycles. The van der Waals surface area contributed by atoms with Gasteiger partial charge in [-0.25, -0.2) is 9.97 Å². The summed E-state index contributed by atoms with van der Waals surface area (Å²) in [5.41, 5.74) is 8.21. The fourth-order valence-electron chi connectivity index (χ4n) is 4.10. The monoisotopic (exact) mass is 436 g/mol. The maximum atomic E-state index is 12.4. The molecule has 1 aliphatic rings. The van der Waals surface area contributed by atoms with Gasteiger partial charge in [0, 0.05) is 55.3 Å². The smallest absolute Gasteiger partial charge is 0.249 e. The van der Waals surface area contributed by atoms with Gasteiger partial charge in [-0.3, -0.25) is 9.89 Å². The van der Waals surface area contributed by atoms with E-state index in [1.165, 1.54) is 0 Å². The number of anilines is 2. The summed E-state index contributed by atoms with van der Waals surface area (Å²) in [5.74, 6) is 1.42. The number of carbonyl (C=O) groups is 1. The van der Waals surface area contributed by atoms with Crippen LogP contribution >= 0.6 is 0 Å². The lowest BCUT2D eigenvalue weighted by Crippen LogP contribution is -2.23. The summed E-state index contributed by atoms with van der Waals surface area (Å²) in [6, 6.07) is 14.0. The lowest BCUT2D eigenvalue weighted by Gasteiger charge is -2.13. The van der Waals surface area contributed by atoms with Crippen LogP contribution in [0.1, 0.15) is 16.7 Å². The Bertz CT molecular complexity index is 1350. The molecule has 7 heteroatoms. The predicted molar refractivity (Wildman–Crippen MR) is 130 cm³/mol. The van der Waals surface area contributed by atoms with Crippen molar-refractivity contribution in [2.75, 3.05) is 19.4 Å². The minimum Gasteiger partial charge on any atom is -0.345 e. The van der Waals surface area contributed by atoms with Gasteiger partial charge in [-0.2, -0.15) is 5.10 Å². The van der Waals surface area contributed by atoms with Crippen molar-refractivity contribution in [2.24, 2.45) is 0 Å². The second-order valence-corrected chi connectivity index (χ2v) is 8.31. The van der Waals surface area contributed by atoms with Crippen LogP contribution in [0.15, 0.2) is 66.6 Å². The van der Waals surface area contributed by atoms with Crippen LogP contribution in [0.2, 0.25) is 0 Å². The molecular formula is C26H24N6O. The fraction of sp³-hybridized carbons (Fsp3) is 0.154. The molecule has 2 aromatic carbocycles. The van der Waals surface area contributed by atoms with Crippen LogP contribution in [0.3, 0.4) is 0 Å². The number of carbonyl (C=O) groups excluding carboxylic acids is 1. The average molecular weight is 437 g/mol. The normalized spacial score (nSPS) is 12.3. The van der Waals surface area contributed by atoms with E-state index in [0.29, 0.717) is 12.2 Å². The Morgan fingerprint density at radius 3 is 2.61 bits per heavy atom. The van der Waals surface area contributed by atoms with Crippen molar-refractivity contribution in [3.8, 4) is 22.5 Å². The third kappa shape index (κ3) is 4.01. The minimum atomic E-state index is 0.0494. The van der Waals surface area contributed by atoms with Gasteiger partial charge < -0.3 is 10.2 Å². The van der Waals surface area contributed by atoms with E-state index in [0.717, 1.165) is 50.5 Å². The molecule has 7 nitrogen and oxygen atoms in total. The van der Waals surface area contributed by atoms with Gasteiger partial charge in [0.1, 0.15) is 5.82 Å². The molecule has 0 fully saturated rings. The number of fused-ring (bicyclic) bond motifs is 1.